The molecule has 14 heteroatoms. The van der Waals surface area contributed by atoms with Gasteiger partial charge in [0.15, 0.2) is 11.6 Å². The lowest BCUT2D eigenvalue weighted by atomic mass is 10.2. The molecule has 0 aliphatic heterocycles. The van der Waals surface area contributed by atoms with E-state index in [1.807, 2.05) is 0 Å². The predicted molar refractivity (Wildman–Crippen MR) is 119 cm³/mol. The monoisotopic (exact) mass is 514 g/mol. The second-order valence-corrected chi connectivity index (χ2v) is 10.1. The van der Waals surface area contributed by atoms with Crippen LogP contribution in [0.3, 0.4) is 0 Å². The Kier molecular flexibility index (Phi) is 6.96. The highest BCUT2D eigenvalue weighted by Crippen LogP contribution is 2.41. The first kappa shape index (κ1) is 24.2. The molecule has 2 heterocycles. The number of nitrogens with zero attached hydrogens (tertiary/aromatic N) is 5. The largest absolute Gasteiger partial charge is 0.435 e. The number of anilines is 1. The van der Waals surface area contributed by atoms with Gasteiger partial charge < -0.3 is 9.47 Å². The van der Waals surface area contributed by atoms with Gasteiger partial charge in [-0.1, -0.05) is 23.7 Å². The van der Waals surface area contributed by atoms with Gasteiger partial charge in [-0.05, 0) is 31.9 Å². The van der Waals surface area contributed by atoms with E-state index in [0.29, 0.717) is 16.4 Å². The number of hydrogen-bond acceptors (Lipinski definition) is 8. The molecule has 182 valence electrons. The molecule has 0 spiro atoms. The first-order valence-electron chi connectivity index (χ1n) is 10.2. The van der Waals surface area contributed by atoms with E-state index in [0.717, 1.165) is 12.8 Å². The van der Waals surface area contributed by atoms with Crippen LogP contribution in [0, 0.1) is 0 Å². The Hall–Kier alpha value is -2.90. The number of ether oxygens (including phenoxy) is 2. The summed E-state index contributed by atoms with van der Waals surface area (Å²) in [5.41, 5.74) is 0.459. The van der Waals surface area contributed by atoms with Crippen LogP contribution in [0.5, 0.6) is 5.75 Å². The van der Waals surface area contributed by atoms with Gasteiger partial charge in [-0.25, -0.2) is 18.4 Å². The molecule has 1 aromatic carbocycles. The van der Waals surface area contributed by atoms with Crippen LogP contribution >= 0.6 is 11.6 Å². The topological polar surface area (TPSA) is 121 Å². The van der Waals surface area contributed by atoms with Gasteiger partial charge in [0.1, 0.15) is 17.1 Å². The molecule has 0 unspecified atom stereocenters. The molecule has 3 aromatic rings. The Morgan fingerprint density at radius 2 is 1.91 bits per heavy atom. The maximum absolute atomic E-state index is 13.2. The van der Waals surface area contributed by atoms with Crippen LogP contribution in [-0.4, -0.2) is 52.1 Å². The normalized spacial score (nSPS) is 15.8. The Bertz CT molecular complexity index is 1250. The molecule has 1 aliphatic carbocycles. The summed E-state index contributed by atoms with van der Waals surface area (Å²) in [5, 5.41) is 7.35. The minimum atomic E-state index is -4.04. The molecule has 34 heavy (non-hydrogen) atoms. The Labute approximate surface area is 199 Å². The van der Waals surface area contributed by atoms with Crippen molar-refractivity contribution in [2.45, 2.75) is 43.8 Å². The molecule has 4 rings (SSSR count). The molecule has 1 fully saturated rings. The zero-order valence-corrected chi connectivity index (χ0v) is 19.7. The molecule has 0 amide bonds. The van der Waals surface area contributed by atoms with E-state index in [4.69, 9.17) is 16.3 Å². The van der Waals surface area contributed by atoms with Gasteiger partial charge in [0, 0.05) is 31.1 Å². The summed E-state index contributed by atoms with van der Waals surface area (Å²) in [4.78, 5) is 8.12. The molecule has 0 bridgehead atoms. The predicted octanol–water partition coefficient (Wildman–Crippen LogP) is 3.84. The van der Waals surface area contributed by atoms with Crippen molar-refractivity contribution in [3.8, 4) is 17.1 Å². The summed E-state index contributed by atoms with van der Waals surface area (Å²) in [5.74, 6) is 0.456. The molecule has 1 saturated carbocycles. The minimum Gasteiger partial charge on any atom is -0.435 e. The Balaban J connectivity index is 1.63. The van der Waals surface area contributed by atoms with Crippen LogP contribution < -0.4 is 9.46 Å². The fourth-order valence-corrected chi connectivity index (χ4v) is 4.64. The van der Waals surface area contributed by atoms with E-state index in [9.17, 15) is 17.2 Å². The standard InChI is InChI=1S/C20H21ClF2N6O4S/c1-11(16(32-2)17-24-9-13(21)10-25-17)34(30,31)28-20-27-26-18(29(20)14-6-7-14)12-4-3-5-15(8-12)33-19(22)23/h3-5,8-11,14,16,19H,6-7H2,1-2H3,(H,27,28)/t11-,16-/m0/s1. The van der Waals surface area contributed by atoms with E-state index in [2.05, 4.69) is 29.6 Å². The van der Waals surface area contributed by atoms with Crippen LogP contribution in [0.1, 0.15) is 37.7 Å². The minimum absolute atomic E-state index is 0.0106. The third kappa shape index (κ3) is 5.26. The summed E-state index contributed by atoms with van der Waals surface area (Å²) < 4.78 is 65.6. The molecule has 1 N–H and O–H groups in total. The molecule has 0 saturated heterocycles. The highest BCUT2D eigenvalue weighted by Gasteiger charge is 2.36. The molecular formula is C20H21ClF2N6O4S. The number of benzene rings is 1. The van der Waals surface area contributed by atoms with Gasteiger partial charge in [-0.3, -0.25) is 9.29 Å². The SMILES string of the molecule is CO[C@H](c1ncc(Cl)cn1)[C@H](C)S(=O)(=O)Nc1nnc(-c2cccc(OC(F)F)c2)n1C1CC1. The van der Waals surface area contributed by atoms with Crippen LogP contribution in [-0.2, 0) is 14.8 Å². The van der Waals surface area contributed by atoms with E-state index in [-0.39, 0.29) is 23.6 Å². The van der Waals surface area contributed by atoms with Crippen LogP contribution in [0.4, 0.5) is 14.7 Å². The zero-order chi connectivity index (χ0) is 24.5. The van der Waals surface area contributed by atoms with Gasteiger partial charge in [0.2, 0.25) is 16.0 Å². The van der Waals surface area contributed by atoms with Crippen molar-refractivity contribution < 1.29 is 26.7 Å². The Morgan fingerprint density at radius 1 is 1.21 bits per heavy atom. The summed E-state index contributed by atoms with van der Waals surface area (Å²) in [7, 11) is -2.68. The van der Waals surface area contributed by atoms with Gasteiger partial charge in [-0.15, -0.1) is 10.2 Å². The first-order chi connectivity index (χ1) is 16.2. The third-order valence-corrected chi connectivity index (χ3v) is 7.11. The lowest BCUT2D eigenvalue weighted by molar-refractivity contribution is -0.0498. The first-order valence-corrected chi connectivity index (χ1v) is 12.1. The molecule has 2 atom stereocenters. The number of alkyl halides is 2. The molecule has 0 radical (unpaired) electrons. The van der Waals surface area contributed by atoms with Gasteiger partial charge in [0.05, 0.1) is 5.02 Å². The second kappa shape index (κ2) is 9.76. The fraction of sp³-hybridized carbons (Fsp3) is 0.400. The summed E-state index contributed by atoms with van der Waals surface area (Å²) in [6, 6.07) is 5.95. The quantitative estimate of drug-likeness (QED) is 0.433. The number of sulfonamides is 1. The number of rotatable bonds is 10. The van der Waals surface area contributed by atoms with E-state index in [1.165, 1.54) is 38.6 Å². The van der Waals surface area contributed by atoms with Gasteiger partial charge in [-0.2, -0.15) is 8.78 Å². The second-order valence-electron chi connectivity index (χ2n) is 7.62. The summed E-state index contributed by atoms with van der Waals surface area (Å²) in [6.07, 6.45) is 3.31. The van der Waals surface area contributed by atoms with Crippen molar-refractivity contribution in [3.63, 3.8) is 0 Å². The number of halogens is 3. The lowest BCUT2D eigenvalue weighted by Crippen LogP contribution is -2.33. The van der Waals surface area contributed by atoms with E-state index < -0.39 is 28.0 Å². The molecule has 1 aliphatic rings. The molecular weight excluding hydrogens is 494 g/mol. The molecule has 2 aromatic heterocycles. The highest BCUT2D eigenvalue weighted by molar-refractivity contribution is 7.93. The van der Waals surface area contributed by atoms with Gasteiger partial charge in [0.25, 0.3) is 0 Å². The smallest absolute Gasteiger partial charge is 0.387 e. The number of nitrogens with one attached hydrogen (secondary N) is 1. The van der Waals surface area contributed by atoms with Crippen LogP contribution in [0.25, 0.3) is 11.4 Å². The van der Waals surface area contributed by atoms with Crippen molar-refractivity contribution in [2.75, 3.05) is 11.8 Å². The number of hydrogen-bond donors (Lipinski definition) is 1. The van der Waals surface area contributed by atoms with Crippen molar-refractivity contribution in [3.05, 3.63) is 47.5 Å². The van der Waals surface area contributed by atoms with Crippen molar-refractivity contribution in [1.29, 1.82) is 0 Å². The van der Waals surface area contributed by atoms with E-state index in [1.54, 1.807) is 16.7 Å². The van der Waals surface area contributed by atoms with E-state index >= 15 is 0 Å². The van der Waals surface area contributed by atoms with Gasteiger partial charge >= 0.3 is 6.61 Å². The third-order valence-electron chi connectivity index (χ3n) is 5.22. The van der Waals surface area contributed by atoms with Crippen molar-refractivity contribution in [2.24, 2.45) is 0 Å². The highest BCUT2D eigenvalue weighted by atomic mass is 35.5. The number of aromatic nitrogens is 5. The fourth-order valence-electron chi connectivity index (χ4n) is 3.41. The lowest BCUT2D eigenvalue weighted by Gasteiger charge is -2.22. The summed E-state index contributed by atoms with van der Waals surface area (Å²) >= 11 is 5.82. The summed E-state index contributed by atoms with van der Waals surface area (Å²) in [6.45, 7) is -1.52. The zero-order valence-electron chi connectivity index (χ0n) is 18.1. The van der Waals surface area contributed by atoms with Crippen molar-refractivity contribution in [1.82, 2.24) is 24.7 Å². The molecule has 10 nitrogen and oxygen atoms in total. The van der Waals surface area contributed by atoms with Crippen LogP contribution in [0.15, 0.2) is 36.7 Å². The maximum atomic E-state index is 13.2. The maximum Gasteiger partial charge on any atom is 0.387 e. The van der Waals surface area contributed by atoms with Crippen molar-refractivity contribution >= 4 is 27.6 Å². The number of methoxy groups -OCH3 is 1. The average Bonchev–Trinajstić information content (AvgIpc) is 3.55. The average molecular weight is 515 g/mol. The Morgan fingerprint density at radius 3 is 2.53 bits per heavy atom. The van der Waals surface area contributed by atoms with Crippen LogP contribution in [0.2, 0.25) is 5.02 Å².